The molecule has 0 aliphatic carbocycles. The maximum absolute atomic E-state index is 13.0. The number of fused-ring (bicyclic) bond motifs is 1. The fourth-order valence-electron chi connectivity index (χ4n) is 1.24. The van der Waals surface area contributed by atoms with Crippen LogP contribution in [0.3, 0.4) is 0 Å². The van der Waals surface area contributed by atoms with Crippen molar-refractivity contribution in [1.82, 2.24) is 9.55 Å². The van der Waals surface area contributed by atoms with Gasteiger partial charge in [-0.25, -0.2) is 4.98 Å². The summed E-state index contributed by atoms with van der Waals surface area (Å²) in [5, 5.41) is 9.33. The third-order valence-corrected chi connectivity index (χ3v) is 1.92. The normalized spacial score (nSPS) is 8.53. The third kappa shape index (κ3) is 3.28. The summed E-state index contributed by atoms with van der Waals surface area (Å²) in [5.74, 6) is -0.711. The molecule has 0 fully saturated rings. The number of hydrogen-bond donors (Lipinski definition) is 0. The van der Waals surface area contributed by atoms with E-state index in [1.165, 1.54) is 6.07 Å². The molecule has 4 heteroatoms. The summed E-state index contributed by atoms with van der Waals surface area (Å²) in [4.78, 5) is 3.68. The average molecular weight is 235 g/mol. The van der Waals surface area contributed by atoms with E-state index in [4.69, 9.17) is 5.26 Å². The summed E-state index contributed by atoms with van der Waals surface area (Å²) in [7, 11) is 1.78. The molecule has 0 amide bonds. The molecule has 3 nitrogen and oxygen atoms in total. The van der Waals surface area contributed by atoms with Crippen LogP contribution in [0.5, 0.6) is 0 Å². The van der Waals surface area contributed by atoms with Gasteiger partial charge in [0.2, 0.25) is 5.95 Å². The van der Waals surface area contributed by atoms with E-state index in [1.807, 2.05) is 27.7 Å². The number of aromatic nitrogens is 2. The maximum atomic E-state index is 13.0. The smallest absolute Gasteiger partial charge is 0.232 e. The van der Waals surface area contributed by atoms with Crippen LogP contribution in [0.4, 0.5) is 4.39 Å². The Kier molecular flexibility index (Phi) is 6.57. The van der Waals surface area contributed by atoms with Crippen molar-refractivity contribution < 1.29 is 4.39 Å². The highest BCUT2D eigenvalue weighted by molar-refractivity contribution is 5.77. The SMILES string of the molecule is CC.CC.Cn1ccc2cc(C#N)c(F)nc21. The number of nitriles is 1. The number of halogens is 1. The second-order valence-electron chi connectivity index (χ2n) is 2.78. The Morgan fingerprint density at radius 2 is 1.88 bits per heavy atom. The van der Waals surface area contributed by atoms with Crippen molar-refractivity contribution in [2.75, 3.05) is 0 Å². The molecule has 0 saturated heterocycles. The predicted octanol–water partition coefficient (Wildman–Crippen LogP) is 3.64. The van der Waals surface area contributed by atoms with Crippen LogP contribution in [0.25, 0.3) is 11.0 Å². The predicted molar refractivity (Wildman–Crippen MR) is 68.1 cm³/mol. The molecular formula is C13H18FN3. The first kappa shape index (κ1) is 15.1. The molecular weight excluding hydrogens is 217 g/mol. The Morgan fingerprint density at radius 3 is 2.41 bits per heavy atom. The minimum atomic E-state index is -0.711. The molecule has 2 rings (SSSR count). The molecule has 2 heterocycles. The van der Waals surface area contributed by atoms with Gasteiger partial charge in [-0.15, -0.1) is 0 Å². The molecule has 17 heavy (non-hydrogen) atoms. The van der Waals surface area contributed by atoms with Crippen molar-refractivity contribution in [2.45, 2.75) is 27.7 Å². The lowest BCUT2D eigenvalue weighted by atomic mass is 10.2. The molecule has 92 valence electrons. The molecule has 0 atom stereocenters. The van der Waals surface area contributed by atoms with Gasteiger partial charge in [0.1, 0.15) is 17.3 Å². The maximum Gasteiger partial charge on any atom is 0.232 e. The van der Waals surface area contributed by atoms with Gasteiger partial charge in [0.05, 0.1) is 0 Å². The van der Waals surface area contributed by atoms with E-state index in [1.54, 1.807) is 29.9 Å². The molecule has 0 aromatic carbocycles. The summed E-state index contributed by atoms with van der Waals surface area (Å²) in [6.45, 7) is 8.00. The molecule has 0 radical (unpaired) electrons. The first-order valence-electron chi connectivity index (χ1n) is 5.74. The highest BCUT2D eigenvalue weighted by atomic mass is 19.1. The van der Waals surface area contributed by atoms with Gasteiger partial charge < -0.3 is 4.57 Å². The van der Waals surface area contributed by atoms with Crippen molar-refractivity contribution in [3.63, 3.8) is 0 Å². The minimum Gasteiger partial charge on any atom is -0.335 e. The zero-order valence-corrected chi connectivity index (χ0v) is 11.0. The Balaban J connectivity index is 0.000000581. The highest BCUT2D eigenvalue weighted by Crippen LogP contribution is 2.15. The lowest BCUT2D eigenvalue weighted by Gasteiger charge is -1.96. The molecule has 0 unspecified atom stereocenters. The van der Waals surface area contributed by atoms with Crippen molar-refractivity contribution in [2.24, 2.45) is 7.05 Å². The van der Waals surface area contributed by atoms with E-state index < -0.39 is 5.95 Å². The summed E-state index contributed by atoms with van der Waals surface area (Å²) >= 11 is 0. The van der Waals surface area contributed by atoms with Gasteiger partial charge in [0.25, 0.3) is 0 Å². The van der Waals surface area contributed by atoms with Gasteiger partial charge >= 0.3 is 0 Å². The van der Waals surface area contributed by atoms with Crippen molar-refractivity contribution >= 4 is 11.0 Å². The summed E-state index contributed by atoms with van der Waals surface area (Å²) in [5.41, 5.74) is 0.537. The second-order valence-corrected chi connectivity index (χ2v) is 2.78. The minimum absolute atomic E-state index is 0.0151. The molecule has 0 spiro atoms. The Morgan fingerprint density at radius 1 is 1.29 bits per heavy atom. The van der Waals surface area contributed by atoms with Gasteiger partial charge in [-0.1, -0.05) is 27.7 Å². The van der Waals surface area contributed by atoms with Gasteiger partial charge in [-0.2, -0.15) is 9.65 Å². The van der Waals surface area contributed by atoms with Crippen LogP contribution < -0.4 is 0 Å². The zero-order valence-electron chi connectivity index (χ0n) is 11.0. The summed E-state index contributed by atoms with van der Waals surface area (Å²) in [6, 6.07) is 5.04. The van der Waals surface area contributed by atoms with Gasteiger partial charge in [-0.3, -0.25) is 0 Å². The number of rotatable bonds is 0. The second kappa shape index (κ2) is 7.39. The molecule has 0 aliphatic heterocycles. The van der Waals surface area contributed by atoms with E-state index in [0.29, 0.717) is 5.65 Å². The first-order valence-corrected chi connectivity index (χ1v) is 5.74. The van der Waals surface area contributed by atoms with Crippen LogP contribution in [0, 0.1) is 17.3 Å². The number of nitrogens with zero attached hydrogens (tertiary/aromatic N) is 3. The van der Waals surface area contributed by atoms with Crippen LogP contribution in [0.15, 0.2) is 18.3 Å². The molecule has 2 aromatic rings. The van der Waals surface area contributed by atoms with Crippen LogP contribution in [0.1, 0.15) is 33.3 Å². The van der Waals surface area contributed by atoms with Crippen LogP contribution in [0.2, 0.25) is 0 Å². The molecule has 0 saturated carbocycles. The number of hydrogen-bond acceptors (Lipinski definition) is 2. The lowest BCUT2D eigenvalue weighted by molar-refractivity contribution is 0.582. The van der Waals surface area contributed by atoms with Gasteiger partial charge in [0, 0.05) is 18.6 Å². The van der Waals surface area contributed by atoms with Crippen molar-refractivity contribution in [1.29, 1.82) is 5.26 Å². The molecule has 0 bridgehead atoms. The topological polar surface area (TPSA) is 41.6 Å². The van der Waals surface area contributed by atoms with E-state index >= 15 is 0 Å². The van der Waals surface area contributed by atoms with Crippen LogP contribution >= 0.6 is 0 Å². The zero-order chi connectivity index (χ0) is 13.4. The quantitative estimate of drug-likeness (QED) is 0.654. The fourth-order valence-corrected chi connectivity index (χ4v) is 1.24. The Labute approximate surface area is 102 Å². The summed E-state index contributed by atoms with van der Waals surface area (Å²) in [6.07, 6.45) is 1.78. The van der Waals surface area contributed by atoms with E-state index in [-0.39, 0.29) is 5.56 Å². The Hall–Kier alpha value is -1.89. The van der Waals surface area contributed by atoms with E-state index in [0.717, 1.165) is 5.39 Å². The van der Waals surface area contributed by atoms with Crippen LogP contribution in [-0.2, 0) is 7.05 Å². The van der Waals surface area contributed by atoms with E-state index in [9.17, 15) is 4.39 Å². The fraction of sp³-hybridized carbons (Fsp3) is 0.385. The van der Waals surface area contributed by atoms with Crippen molar-refractivity contribution in [3.8, 4) is 6.07 Å². The Bertz CT molecular complexity index is 509. The lowest BCUT2D eigenvalue weighted by Crippen LogP contribution is -1.93. The molecule has 0 aliphatic rings. The number of pyridine rings is 1. The van der Waals surface area contributed by atoms with Crippen LogP contribution in [-0.4, -0.2) is 9.55 Å². The van der Waals surface area contributed by atoms with Crippen molar-refractivity contribution in [3.05, 3.63) is 29.8 Å². The van der Waals surface area contributed by atoms with Gasteiger partial charge in [0.15, 0.2) is 0 Å². The molecule has 2 aromatic heterocycles. The number of aryl methyl sites for hydroxylation is 1. The van der Waals surface area contributed by atoms with Gasteiger partial charge in [-0.05, 0) is 12.1 Å². The first-order chi connectivity index (χ1) is 8.22. The highest BCUT2D eigenvalue weighted by Gasteiger charge is 2.07. The molecule has 0 N–H and O–H groups in total. The third-order valence-electron chi connectivity index (χ3n) is 1.92. The monoisotopic (exact) mass is 235 g/mol. The summed E-state index contributed by atoms with van der Waals surface area (Å²) < 4.78 is 14.7. The average Bonchev–Trinajstić information content (AvgIpc) is 2.74. The van der Waals surface area contributed by atoms with E-state index in [2.05, 4.69) is 4.98 Å². The standard InChI is InChI=1S/C9H6FN3.2C2H6/c1-13-3-2-6-4-7(5-11)8(10)12-9(6)13;2*1-2/h2-4H,1H3;2*1-2H3. The largest absolute Gasteiger partial charge is 0.335 e.